The van der Waals surface area contributed by atoms with Gasteiger partial charge in [0.15, 0.2) is 0 Å². The van der Waals surface area contributed by atoms with Gasteiger partial charge in [0, 0.05) is 6.54 Å². The van der Waals surface area contributed by atoms with Crippen LogP contribution in [-0.4, -0.2) is 31.2 Å². The highest BCUT2D eigenvalue weighted by Gasteiger charge is 2.36. The fourth-order valence-corrected chi connectivity index (χ4v) is 2.42. The molecule has 0 aromatic heterocycles. The fourth-order valence-electron chi connectivity index (χ4n) is 1.35. The Bertz CT molecular complexity index is 268. The van der Waals surface area contributed by atoms with E-state index < -0.39 is 21.9 Å². The van der Waals surface area contributed by atoms with Gasteiger partial charge in [-0.1, -0.05) is 0 Å². The molecule has 4 nitrogen and oxygen atoms in total. The van der Waals surface area contributed by atoms with Crippen LogP contribution in [-0.2, 0) is 10.0 Å². The highest BCUT2D eigenvalue weighted by Crippen LogP contribution is 2.20. The average Bonchev–Trinajstić information content (AvgIpc) is 2.04. The molecule has 1 aliphatic rings. The summed E-state index contributed by atoms with van der Waals surface area (Å²) in [6.07, 6.45) is 1.05. The monoisotopic (exact) mass is 214 g/mol. The Labute approximate surface area is 75.7 Å². The van der Waals surface area contributed by atoms with Gasteiger partial charge in [0.05, 0.1) is 6.17 Å². The Kier molecular flexibility index (Phi) is 3.20. The summed E-state index contributed by atoms with van der Waals surface area (Å²) in [5.41, 5.74) is 5.42. The largest absolute Gasteiger partial charge is 0.350 e. The molecule has 0 aromatic carbocycles. The van der Waals surface area contributed by atoms with Crippen LogP contribution in [0.1, 0.15) is 19.3 Å². The molecular weight excluding hydrogens is 202 g/mol. The standard InChI is InChI=1S/C6H12F2N2O2S/c7-6(8)13(11,12)10-4-2-1-3-5(10)9/h5-6H,1-4,9H2. The van der Waals surface area contributed by atoms with Crippen LogP contribution < -0.4 is 5.73 Å². The second-order valence-corrected chi connectivity index (χ2v) is 4.83. The first kappa shape index (κ1) is 10.8. The number of halogens is 2. The zero-order chi connectivity index (χ0) is 10.1. The lowest BCUT2D eigenvalue weighted by Gasteiger charge is -2.31. The Morgan fingerprint density at radius 3 is 2.46 bits per heavy atom. The second-order valence-electron chi connectivity index (χ2n) is 2.98. The summed E-state index contributed by atoms with van der Waals surface area (Å²) in [6, 6.07) is 0. The molecule has 1 heterocycles. The summed E-state index contributed by atoms with van der Waals surface area (Å²) in [5, 5.41) is 0. The Hall–Kier alpha value is -0.270. The minimum absolute atomic E-state index is 0.105. The molecule has 0 aliphatic carbocycles. The van der Waals surface area contributed by atoms with Crippen LogP contribution in [0, 0.1) is 0 Å². The molecule has 78 valence electrons. The third-order valence-corrected chi connectivity index (χ3v) is 3.61. The van der Waals surface area contributed by atoms with E-state index in [4.69, 9.17) is 5.73 Å². The molecule has 1 atom stereocenters. The Balaban J connectivity index is 2.80. The van der Waals surface area contributed by atoms with Crippen molar-refractivity contribution in [3.8, 4) is 0 Å². The number of sulfonamides is 1. The molecule has 1 rings (SSSR count). The lowest BCUT2D eigenvalue weighted by Crippen LogP contribution is -2.50. The zero-order valence-electron chi connectivity index (χ0n) is 6.99. The van der Waals surface area contributed by atoms with Crippen LogP contribution in [0.15, 0.2) is 0 Å². The van der Waals surface area contributed by atoms with Crippen molar-refractivity contribution in [2.24, 2.45) is 5.73 Å². The van der Waals surface area contributed by atoms with Gasteiger partial charge in [-0.15, -0.1) is 0 Å². The Morgan fingerprint density at radius 2 is 2.00 bits per heavy atom. The van der Waals surface area contributed by atoms with Crippen LogP contribution in [0.2, 0.25) is 0 Å². The van der Waals surface area contributed by atoms with E-state index in [1.807, 2.05) is 0 Å². The second kappa shape index (κ2) is 3.85. The van der Waals surface area contributed by atoms with Gasteiger partial charge >= 0.3 is 5.76 Å². The third-order valence-electron chi connectivity index (χ3n) is 2.05. The normalized spacial score (nSPS) is 26.6. The molecule has 2 N–H and O–H groups in total. The summed E-state index contributed by atoms with van der Waals surface area (Å²) in [6.45, 7) is 0.105. The summed E-state index contributed by atoms with van der Waals surface area (Å²) < 4.78 is 46.8. The fraction of sp³-hybridized carbons (Fsp3) is 1.00. The van der Waals surface area contributed by atoms with E-state index in [-0.39, 0.29) is 6.54 Å². The molecule has 0 spiro atoms. The van der Waals surface area contributed by atoms with Gasteiger partial charge in [0.2, 0.25) is 0 Å². The molecule has 0 aromatic rings. The van der Waals surface area contributed by atoms with E-state index in [0.29, 0.717) is 17.1 Å². The first-order valence-corrected chi connectivity index (χ1v) is 5.51. The number of nitrogens with zero attached hydrogens (tertiary/aromatic N) is 1. The maximum atomic E-state index is 12.1. The van der Waals surface area contributed by atoms with E-state index in [9.17, 15) is 17.2 Å². The SMILES string of the molecule is NC1CCCCN1S(=O)(=O)C(F)F. The van der Waals surface area contributed by atoms with Crippen molar-refractivity contribution in [2.45, 2.75) is 31.2 Å². The van der Waals surface area contributed by atoms with E-state index in [0.717, 1.165) is 6.42 Å². The summed E-state index contributed by atoms with van der Waals surface area (Å²) in [5.74, 6) is -3.36. The maximum Gasteiger partial charge on any atom is 0.350 e. The van der Waals surface area contributed by atoms with Crippen LogP contribution in [0.4, 0.5) is 8.78 Å². The Morgan fingerprint density at radius 1 is 1.38 bits per heavy atom. The molecule has 1 saturated heterocycles. The topological polar surface area (TPSA) is 63.4 Å². The predicted molar refractivity (Wildman–Crippen MR) is 43.5 cm³/mol. The van der Waals surface area contributed by atoms with Crippen molar-refractivity contribution in [1.82, 2.24) is 4.31 Å². The van der Waals surface area contributed by atoms with Crippen molar-refractivity contribution < 1.29 is 17.2 Å². The highest BCUT2D eigenvalue weighted by atomic mass is 32.2. The molecule has 0 radical (unpaired) electrons. The molecule has 1 aliphatic heterocycles. The van der Waals surface area contributed by atoms with Crippen LogP contribution >= 0.6 is 0 Å². The van der Waals surface area contributed by atoms with Gasteiger partial charge in [-0.3, -0.25) is 0 Å². The van der Waals surface area contributed by atoms with Crippen molar-refractivity contribution in [3.05, 3.63) is 0 Å². The first-order chi connectivity index (χ1) is 5.96. The number of hydrogen-bond acceptors (Lipinski definition) is 3. The van der Waals surface area contributed by atoms with Gasteiger partial charge in [-0.25, -0.2) is 8.42 Å². The number of piperidine rings is 1. The maximum absolute atomic E-state index is 12.1. The molecular formula is C6H12F2N2O2S. The van der Waals surface area contributed by atoms with Crippen molar-refractivity contribution >= 4 is 10.0 Å². The molecule has 13 heavy (non-hydrogen) atoms. The zero-order valence-corrected chi connectivity index (χ0v) is 7.80. The average molecular weight is 214 g/mol. The molecule has 0 saturated carbocycles. The van der Waals surface area contributed by atoms with E-state index >= 15 is 0 Å². The lowest BCUT2D eigenvalue weighted by atomic mass is 10.1. The minimum Gasteiger partial charge on any atom is -0.315 e. The number of alkyl halides is 2. The quantitative estimate of drug-likeness (QED) is 0.719. The van der Waals surface area contributed by atoms with Crippen molar-refractivity contribution in [2.75, 3.05) is 6.54 Å². The third kappa shape index (κ3) is 2.15. The summed E-state index contributed by atoms with van der Waals surface area (Å²) in [4.78, 5) is 0. The molecule has 1 fully saturated rings. The van der Waals surface area contributed by atoms with E-state index in [2.05, 4.69) is 0 Å². The van der Waals surface area contributed by atoms with Gasteiger partial charge in [0.25, 0.3) is 10.0 Å². The van der Waals surface area contributed by atoms with Gasteiger partial charge in [-0.2, -0.15) is 13.1 Å². The predicted octanol–water partition coefficient (Wildman–Crippen LogP) is 0.309. The number of hydrogen-bond donors (Lipinski definition) is 1. The van der Waals surface area contributed by atoms with Gasteiger partial charge in [-0.05, 0) is 19.3 Å². The molecule has 7 heteroatoms. The molecule has 0 bridgehead atoms. The van der Waals surface area contributed by atoms with E-state index in [1.54, 1.807) is 0 Å². The molecule has 1 unspecified atom stereocenters. The van der Waals surface area contributed by atoms with Crippen molar-refractivity contribution in [1.29, 1.82) is 0 Å². The lowest BCUT2D eigenvalue weighted by molar-refractivity contribution is 0.194. The summed E-state index contributed by atoms with van der Waals surface area (Å²) >= 11 is 0. The highest BCUT2D eigenvalue weighted by molar-refractivity contribution is 7.89. The van der Waals surface area contributed by atoms with Crippen LogP contribution in [0.3, 0.4) is 0 Å². The molecule has 0 amide bonds. The van der Waals surface area contributed by atoms with Gasteiger partial charge < -0.3 is 5.73 Å². The minimum atomic E-state index is -4.47. The van der Waals surface area contributed by atoms with Gasteiger partial charge in [0.1, 0.15) is 0 Å². The van der Waals surface area contributed by atoms with Crippen molar-refractivity contribution in [3.63, 3.8) is 0 Å². The smallest absolute Gasteiger partial charge is 0.315 e. The number of rotatable bonds is 2. The first-order valence-electron chi connectivity index (χ1n) is 4.00. The van der Waals surface area contributed by atoms with Crippen LogP contribution in [0.25, 0.3) is 0 Å². The summed E-state index contributed by atoms with van der Waals surface area (Å²) in [7, 11) is -4.47. The van der Waals surface area contributed by atoms with E-state index in [1.165, 1.54) is 0 Å². The van der Waals surface area contributed by atoms with Crippen LogP contribution in [0.5, 0.6) is 0 Å². The number of nitrogens with two attached hydrogens (primary N) is 1.